The molecule has 9 nitrogen and oxygen atoms in total. The van der Waals surface area contributed by atoms with Gasteiger partial charge in [-0.05, 0) is 89.8 Å². The molecular formula is C36H60O9. The van der Waals surface area contributed by atoms with Crippen molar-refractivity contribution in [3.05, 3.63) is 11.6 Å². The number of rotatable bonds is 3. The molecule has 0 amide bonds. The van der Waals surface area contributed by atoms with E-state index in [1.165, 1.54) is 5.57 Å². The van der Waals surface area contributed by atoms with E-state index in [9.17, 15) is 35.7 Å². The summed E-state index contributed by atoms with van der Waals surface area (Å²) in [6.45, 7) is 17.3. The van der Waals surface area contributed by atoms with Crippen LogP contribution in [0.3, 0.4) is 0 Å². The Morgan fingerprint density at radius 1 is 0.822 bits per heavy atom. The van der Waals surface area contributed by atoms with Crippen molar-refractivity contribution in [2.24, 2.45) is 56.7 Å². The molecule has 0 aromatic carbocycles. The van der Waals surface area contributed by atoms with Gasteiger partial charge in [-0.2, -0.15) is 0 Å². The molecule has 18 unspecified atom stereocenters. The average molecular weight is 637 g/mol. The lowest BCUT2D eigenvalue weighted by atomic mass is 9.32. The summed E-state index contributed by atoms with van der Waals surface area (Å²) in [5.41, 5.74) is -0.285. The molecule has 0 aromatic heterocycles. The molecule has 45 heavy (non-hydrogen) atoms. The van der Waals surface area contributed by atoms with Crippen LogP contribution in [0.15, 0.2) is 11.6 Å². The van der Waals surface area contributed by atoms with Crippen molar-refractivity contribution in [1.82, 2.24) is 0 Å². The monoisotopic (exact) mass is 636 g/mol. The third-order valence-electron chi connectivity index (χ3n) is 15.5. The van der Waals surface area contributed by atoms with Crippen LogP contribution in [0.2, 0.25) is 0 Å². The lowest BCUT2D eigenvalue weighted by Crippen LogP contribution is -2.70. The Labute approximate surface area is 269 Å². The van der Waals surface area contributed by atoms with Crippen LogP contribution in [0.25, 0.3) is 0 Å². The fourth-order valence-corrected chi connectivity index (χ4v) is 12.7. The van der Waals surface area contributed by atoms with Crippen molar-refractivity contribution in [3.8, 4) is 0 Å². The average Bonchev–Trinajstić information content (AvgIpc) is 2.94. The third kappa shape index (κ3) is 4.51. The molecule has 1 aliphatic heterocycles. The van der Waals surface area contributed by atoms with Crippen molar-refractivity contribution in [1.29, 1.82) is 0 Å². The normalized spacial score (nSPS) is 59.2. The highest BCUT2D eigenvalue weighted by Crippen LogP contribution is 2.75. The second kappa shape index (κ2) is 10.9. The fraction of sp³-hybridized carbons (Fsp3) is 0.944. The Morgan fingerprint density at radius 2 is 1.49 bits per heavy atom. The van der Waals surface area contributed by atoms with Crippen LogP contribution in [-0.4, -0.2) is 97.5 Å². The van der Waals surface area contributed by atoms with E-state index in [1.54, 1.807) is 0 Å². The van der Waals surface area contributed by atoms with Gasteiger partial charge >= 0.3 is 0 Å². The first-order chi connectivity index (χ1) is 20.8. The number of allylic oxidation sites excluding steroid dienone is 2. The SMILES string of the molecule is CC1C(O)CC2(C)C(O)CC3(C)C(=CCC4C5(C)CCC(OC6OC(CO)C(O)C(O)C6O)C(C)(C)C5C(O)CC43C)C2C1C. The minimum absolute atomic E-state index is 0.118. The van der Waals surface area contributed by atoms with Crippen LogP contribution in [0.1, 0.15) is 93.9 Å². The van der Waals surface area contributed by atoms with E-state index in [2.05, 4.69) is 61.5 Å². The van der Waals surface area contributed by atoms with Crippen molar-refractivity contribution < 1.29 is 45.2 Å². The van der Waals surface area contributed by atoms with Gasteiger partial charge in [0.25, 0.3) is 0 Å². The zero-order chi connectivity index (χ0) is 33.2. The minimum Gasteiger partial charge on any atom is -0.394 e. The van der Waals surface area contributed by atoms with Crippen molar-refractivity contribution in [2.45, 2.75) is 149 Å². The van der Waals surface area contributed by atoms with Crippen LogP contribution < -0.4 is 0 Å². The zero-order valence-corrected chi connectivity index (χ0v) is 28.6. The summed E-state index contributed by atoms with van der Waals surface area (Å²) in [5, 5.41) is 76.2. The van der Waals surface area contributed by atoms with E-state index in [-0.39, 0.29) is 51.2 Å². The van der Waals surface area contributed by atoms with Crippen LogP contribution >= 0.6 is 0 Å². The third-order valence-corrected chi connectivity index (χ3v) is 15.5. The Kier molecular flexibility index (Phi) is 8.33. The Hall–Kier alpha value is -0.620. The van der Waals surface area contributed by atoms with E-state index in [1.807, 2.05) is 0 Å². The van der Waals surface area contributed by atoms with E-state index in [0.29, 0.717) is 25.7 Å². The summed E-state index contributed by atoms with van der Waals surface area (Å²) in [7, 11) is 0. The molecule has 258 valence electrons. The lowest BCUT2D eigenvalue weighted by molar-refractivity contribution is -0.334. The topological polar surface area (TPSA) is 160 Å². The van der Waals surface area contributed by atoms with Crippen LogP contribution in [-0.2, 0) is 9.47 Å². The number of aliphatic hydroxyl groups excluding tert-OH is 7. The van der Waals surface area contributed by atoms with Crippen LogP contribution in [0.4, 0.5) is 0 Å². The van der Waals surface area contributed by atoms with Crippen molar-refractivity contribution >= 4 is 0 Å². The summed E-state index contributed by atoms with van der Waals surface area (Å²) in [4.78, 5) is 0. The van der Waals surface area contributed by atoms with Gasteiger partial charge in [-0.3, -0.25) is 0 Å². The number of aliphatic hydroxyl groups is 7. The maximum Gasteiger partial charge on any atom is 0.186 e. The Bertz CT molecular complexity index is 1170. The van der Waals surface area contributed by atoms with Gasteiger partial charge in [0.05, 0.1) is 31.0 Å². The number of hydrogen-bond donors (Lipinski definition) is 7. The largest absolute Gasteiger partial charge is 0.394 e. The molecular weight excluding hydrogens is 576 g/mol. The molecule has 0 bridgehead atoms. The van der Waals surface area contributed by atoms with Gasteiger partial charge in [0.1, 0.15) is 24.4 Å². The molecule has 0 spiro atoms. The fourth-order valence-electron chi connectivity index (χ4n) is 12.7. The van der Waals surface area contributed by atoms with Gasteiger partial charge in [-0.25, -0.2) is 0 Å². The van der Waals surface area contributed by atoms with Gasteiger partial charge in [0.2, 0.25) is 0 Å². The van der Waals surface area contributed by atoms with Gasteiger partial charge in [0, 0.05) is 5.41 Å². The van der Waals surface area contributed by atoms with Gasteiger partial charge in [-0.15, -0.1) is 0 Å². The highest BCUT2D eigenvalue weighted by atomic mass is 16.7. The summed E-state index contributed by atoms with van der Waals surface area (Å²) < 4.78 is 12.1. The smallest absolute Gasteiger partial charge is 0.186 e. The summed E-state index contributed by atoms with van der Waals surface area (Å²) in [5.74, 6) is 0.683. The number of ether oxygens (including phenoxy) is 2. The van der Waals surface area contributed by atoms with E-state index < -0.39 is 67.1 Å². The lowest BCUT2D eigenvalue weighted by Gasteiger charge is -2.73. The molecule has 0 aromatic rings. The molecule has 5 aliphatic carbocycles. The number of hydrogen-bond acceptors (Lipinski definition) is 9. The maximum absolute atomic E-state index is 12.3. The van der Waals surface area contributed by atoms with Gasteiger partial charge in [-0.1, -0.05) is 67.0 Å². The first-order valence-corrected chi connectivity index (χ1v) is 17.5. The van der Waals surface area contributed by atoms with E-state index in [0.717, 1.165) is 12.8 Å². The quantitative estimate of drug-likeness (QED) is 0.183. The summed E-state index contributed by atoms with van der Waals surface area (Å²) >= 11 is 0. The van der Waals surface area contributed by atoms with Gasteiger partial charge < -0.3 is 45.2 Å². The second-order valence-electron chi connectivity index (χ2n) is 17.8. The zero-order valence-electron chi connectivity index (χ0n) is 28.6. The molecule has 6 aliphatic rings. The molecule has 9 heteroatoms. The molecule has 1 heterocycles. The first-order valence-electron chi connectivity index (χ1n) is 17.5. The molecule has 5 fully saturated rings. The summed E-state index contributed by atoms with van der Waals surface area (Å²) in [6.07, 6.45) is -1.99. The Balaban J connectivity index is 1.33. The maximum atomic E-state index is 12.3. The first kappa shape index (κ1) is 34.3. The van der Waals surface area contributed by atoms with Gasteiger partial charge in [0.15, 0.2) is 6.29 Å². The highest BCUT2D eigenvalue weighted by molar-refractivity contribution is 5.35. The molecule has 18 atom stereocenters. The Morgan fingerprint density at radius 3 is 2.13 bits per heavy atom. The molecule has 0 radical (unpaired) electrons. The van der Waals surface area contributed by atoms with Crippen molar-refractivity contribution in [3.63, 3.8) is 0 Å². The number of fused-ring (bicyclic) bond motifs is 7. The van der Waals surface area contributed by atoms with Crippen LogP contribution in [0, 0.1) is 56.7 Å². The van der Waals surface area contributed by atoms with E-state index >= 15 is 0 Å². The highest BCUT2D eigenvalue weighted by Gasteiger charge is 2.72. The standard InChI is InChI=1S/C36H60O9/c1-17-18(2)26-19-9-10-23-33(5)12-11-25(45-31-29(43)28(42)27(41)22(16-37)44-31)32(3,4)30(33)21(39)14-36(23,8)35(19,7)15-24(40)34(26,6)13-20(17)38/h9,17-18,20-31,37-43H,10-16H2,1-8H3. The predicted molar refractivity (Wildman–Crippen MR) is 167 cm³/mol. The molecule has 4 saturated carbocycles. The molecule has 6 rings (SSSR count). The van der Waals surface area contributed by atoms with E-state index in [4.69, 9.17) is 9.47 Å². The molecule has 7 N–H and O–H groups in total. The van der Waals surface area contributed by atoms with Crippen LogP contribution in [0.5, 0.6) is 0 Å². The second-order valence-corrected chi connectivity index (χ2v) is 17.8. The summed E-state index contributed by atoms with van der Waals surface area (Å²) in [6, 6.07) is 0. The van der Waals surface area contributed by atoms with Crippen molar-refractivity contribution in [2.75, 3.05) is 6.61 Å². The molecule has 1 saturated heterocycles. The minimum atomic E-state index is -1.51. The predicted octanol–water partition coefficient (Wildman–Crippen LogP) is 2.76.